The highest BCUT2D eigenvalue weighted by Crippen LogP contribution is 2.40. The molecule has 1 amide bonds. The van der Waals surface area contributed by atoms with E-state index in [1.807, 2.05) is 25.7 Å². The minimum Gasteiger partial charge on any atom is -0.444 e. The molecule has 3 rings (SSSR count). The van der Waals surface area contributed by atoms with E-state index in [2.05, 4.69) is 35.2 Å². The quantitative estimate of drug-likeness (QED) is 0.837. The summed E-state index contributed by atoms with van der Waals surface area (Å²) in [5.41, 5.74) is 1.22. The summed E-state index contributed by atoms with van der Waals surface area (Å²) in [6.45, 7) is 10.7. The zero-order valence-corrected chi connectivity index (χ0v) is 14.5. The first-order chi connectivity index (χ1) is 10.9. The van der Waals surface area contributed by atoms with Crippen LogP contribution in [0, 0.1) is 5.41 Å². The summed E-state index contributed by atoms with van der Waals surface area (Å²) in [4.78, 5) is 16.7. The predicted molar refractivity (Wildman–Crippen MR) is 91.2 cm³/mol. The summed E-state index contributed by atoms with van der Waals surface area (Å²) in [5, 5.41) is 0. The van der Waals surface area contributed by atoms with Gasteiger partial charge in [-0.2, -0.15) is 0 Å². The lowest BCUT2D eigenvalue weighted by molar-refractivity contribution is 0.0274. The van der Waals surface area contributed by atoms with Gasteiger partial charge in [0.15, 0.2) is 0 Å². The van der Waals surface area contributed by atoms with E-state index in [1.165, 1.54) is 12.0 Å². The molecule has 1 atom stereocenters. The van der Waals surface area contributed by atoms with Crippen molar-refractivity contribution in [3.8, 4) is 0 Å². The van der Waals surface area contributed by atoms with Gasteiger partial charge in [-0.15, -0.1) is 0 Å². The first-order valence-electron chi connectivity index (χ1n) is 8.60. The topological polar surface area (TPSA) is 32.8 Å². The van der Waals surface area contributed by atoms with E-state index >= 15 is 0 Å². The van der Waals surface area contributed by atoms with Gasteiger partial charge in [-0.1, -0.05) is 30.3 Å². The Morgan fingerprint density at radius 3 is 2.52 bits per heavy atom. The van der Waals surface area contributed by atoms with Crippen LogP contribution in [0.4, 0.5) is 4.79 Å². The smallest absolute Gasteiger partial charge is 0.410 e. The lowest BCUT2D eigenvalue weighted by atomic mass is 9.86. The Labute approximate surface area is 139 Å². The summed E-state index contributed by atoms with van der Waals surface area (Å²) >= 11 is 0. The molecule has 0 bridgehead atoms. The summed E-state index contributed by atoms with van der Waals surface area (Å²) in [6, 6.07) is 10.6. The Balaban J connectivity index is 1.55. The molecule has 0 aliphatic carbocycles. The number of hydrogen-bond donors (Lipinski definition) is 0. The van der Waals surface area contributed by atoms with Crippen LogP contribution in [0.3, 0.4) is 0 Å². The zero-order chi connectivity index (χ0) is 16.5. The van der Waals surface area contributed by atoms with E-state index in [4.69, 9.17) is 4.74 Å². The average molecular weight is 316 g/mol. The third-order valence-corrected chi connectivity index (χ3v) is 4.86. The SMILES string of the molecule is CC(C)(C)OC(=O)N1CC[C@@]2(CCN(Cc3ccccc3)C2)C1. The van der Waals surface area contributed by atoms with E-state index in [-0.39, 0.29) is 11.5 Å². The second-order valence-corrected chi connectivity index (χ2v) is 8.10. The molecule has 0 N–H and O–H groups in total. The standard InChI is InChI=1S/C19H28N2O2/c1-18(2,3)23-17(22)21-12-10-19(15-21)9-11-20(14-19)13-16-7-5-4-6-8-16/h4-8H,9-15H2,1-3H3/t19-/m1/s1. The number of ether oxygens (including phenoxy) is 1. The summed E-state index contributed by atoms with van der Waals surface area (Å²) < 4.78 is 5.52. The van der Waals surface area contributed by atoms with Crippen LogP contribution < -0.4 is 0 Å². The Hall–Kier alpha value is -1.55. The molecule has 126 valence electrons. The molecule has 0 radical (unpaired) electrons. The molecule has 2 aliphatic heterocycles. The highest BCUT2D eigenvalue weighted by Gasteiger charge is 2.45. The summed E-state index contributed by atoms with van der Waals surface area (Å²) in [5.74, 6) is 0. The fraction of sp³-hybridized carbons (Fsp3) is 0.632. The molecular weight excluding hydrogens is 288 g/mol. The minimum absolute atomic E-state index is 0.157. The minimum atomic E-state index is -0.415. The van der Waals surface area contributed by atoms with Crippen LogP contribution in [-0.2, 0) is 11.3 Å². The molecule has 1 spiro atoms. The molecule has 4 nitrogen and oxygen atoms in total. The highest BCUT2D eigenvalue weighted by atomic mass is 16.6. The van der Waals surface area contributed by atoms with Gasteiger partial charge in [-0.3, -0.25) is 4.90 Å². The van der Waals surface area contributed by atoms with Crippen molar-refractivity contribution >= 4 is 6.09 Å². The van der Waals surface area contributed by atoms with Gasteiger partial charge in [0.25, 0.3) is 0 Å². The average Bonchev–Trinajstić information content (AvgIpc) is 3.06. The van der Waals surface area contributed by atoms with Crippen molar-refractivity contribution in [2.75, 3.05) is 26.2 Å². The van der Waals surface area contributed by atoms with Crippen LogP contribution in [0.15, 0.2) is 30.3 Å². The Bertz CT molecular complexity index is 552. The molecule has 2 fully saturated rings. The normalized spacial score (nSPS) is 25.3. The van der Waals surface area contributed by atoms with Crippen molar-refractivity contribution in [2.45, 2.75) is 45.8 Å². The van der Waals surface area contributed by atoms with Crippen LogP contribution >= 0.6 is 0 Å². The fourth-order valence-corrected chi connectivity index (χ4v) is 3.75. The Morgan fingerprint density at radius 2 is 1.83 bits per heavy atom. The molecular formula is C19H28N2O2. The number of nitrogens with zero attached hydrogens (tertiary/aromatic N) is 2. The number of carbonyl (C=O) groups excluding carboxylic acids is 1. The molecule has 2 aliphatic rings. The fourth-order valence-electron chi connectivity index (χ4n) is 3.75. The Kier molecular flexibility index (Phi) is 4.37. The zero-order valence-electron chi connectivity index (χ0n) is 14.5. The van der Waals surface area contributed by atoms with E-state index in [0.29, 0.717) is 0 Å². The monoisotopic (exact) mass is 316 g/mol. The van der Waals surface area contributed by atoms with Crippen molar-refractivity contribution in [1.82, 2.24) is 9.80 Å². The van der Waals surface area contributed by atoms with Gasteiger partial charge in [-0.25, -0.2) is 4.79 Å². The van der Waals surface area contributed by atoms with Crippen molar-refractivity contribution < 1.29 is 9.53 Å². The number of rotatable bonds is 2. The highest BCUT2D eigenvalue weighted by molar-refractivity contribution is 5.68. The maximum atomic E-state index is 12.3. The maximum absolute atomic E-state index is 12.3. The van der Waals surface area contributed by atoms with Crippen LogP contribution in [0.25, 0.3) is 0 Å². The van der Waals surface area contributed by atoms with Crippen LogP contribution in [0.1, 0.15) is 39.2 Å². The van der Waals surface area contributed by atoms with Gasteiger partial charge in [0, 0.05) is 31.6 Å². The van der Waals surface area contributed by atoms with Gasteiger partial charge in [0.05, 0.1) is 0 Å². The van der Waals surface area contributed by atoms with Crippen molar-refractivity contribution in [3.63, 3.8) is 0 Å². The van der Waals surface area contributed by atoms with Gasteiger partial charge in [0.2, 0.25) is 0 Å². The van der Waals surface area contributed by atoms with Gasteiger partial charge < -0.3 is 9.64 Å². The second kappa shape index (κ2) is 6.16. The lowest BCUT2D eigenvalue weighted by Gasteiger charge is -2.27. The van der Waals surface area contributed by atoms with E-state index in [9.17, 15) is 4.79 Å². The van der Waals surface area contributed by atoms with Gasteiger partial charge in [-0.05, 0) is 45.7 Å². The van der Waals surface area contributed by atoms with E-state index in [0.717, 1.165) is 39.1 Å². The number of benzene rings is 1. The third kappa shape index (κ3) is 4.05. The summed E-state index contributed by atoms with van der Waals surface area (Å²) in [7, 11) is 0. The third-order valence-electron chi connectivity index (χ3n) is 4.86. The number of likely N-dealkylation sites (tertiary alicyclic amines) is 2. The number of hydrogen-bond acceptors (Lipinski definition) is 3. The first kappa shape index (κ1) is 16.3. The molecule has 0 saturated carbocycles. The van der Waals surface area contributed by atoms with Crippen molar-refractivity contribution in [1.29, 1.82) is 0 Å². The van der Waals surface area contributed by atoms with Gasteiger partial charge in [0.1, 0.15) is 5.60 Å². The molecule has 2 heterocycles. The van der Waals surface area contributed by atoms with E-state index in [1.54, 1.807) is 0 Å². The van der Waals surface area contributed by atoms with Crippen LogP contribution in [0.2, 0.25) is 0 Å². The molecule has 23 heavy (non-hydrogen) atoms. The molecule has 2 saturated heterocycles. The van der Waals surface area contributed by atoms with Crippen molar-refractivity contribution in [3.05, 3.63) is 35.9 Å². The number of carbonyl (C=O) groups is 1. The molecule has 1 aromatic rings. The lowest BCUT2D eigenvalue weighted by Crippen LogP contribution is -2.37. The maximum Gasteiger partial charge on any atom is 0.410 e. The number of amides is 1. The largest absolute Gasteiger partial charge is 0.444 e. The second-order valence-electron chi connectivity index (χ2n) is 8.10. The van der Waals surface area contributed by atoms with Crippen LogP contribution in [-0.4, -0.2) is 47.7 Å². The molecule has 0 unspecified atom stereocenters. The summed E-state index contributed by atoms with van der Waals surface area (Å²) in [6.07, 6.45) is 2.12. The molecule has 0 aromatic heterocycles. The first-order valence-corrected chi connectivity index (χ1v) is 8.60. The van der Waals surface area contributed by atoms with E-state index < -0.39 is 5.60 Å². The predicted octanol–water partition coefficient (Wildman–Crippen LogP) is 3.52. The van der Waals surface area contributed by atoms with Crippen molar-refractivity contribution in [2.24, 2.45) is 5.41 Å². The molecule has 1 aromatic carbocycles. The Morgan fingerprint density at radius 1 is 1.13 bits per heavy atom. The van der Waals surface area contributed by atoms with Gasteiger partial charge >= 0.3 is 6.09 Å². The molecule has 4 heteroatoms. The van der Waals surface area contributed by atoms with Crippen LogP contribution in [0.5, 0.6) is 0 Å².